The molecule has 0 atom stereocenters. The average molecular weight is 544 g/mol. The maximum atomic E-state index is 4.14. The molecule has 196 valence electrons. The Labute approximate surface area is 244 Å². The number of hydrogen-bond acceptors (Lipinski definition) is 1. The van der Waals surface area contributed by atoms with E-state index in [0.717, 1.165) is 12.8 Å². The summed E-state index contributed by atoms with van der Waals surface area (Å²) in [7, 11) is 0. The molecule has 0 saturated carbocycles. The van der Waals surface area contributed by atoms with Crippen LogP contribution < -0.4 is 0 Å². The van der Waals surface area contributed by atoms with Crippen LogP contribution in [0, 0.1) is 0 Å². The van der Waals surface area contributed by atoms with Gasteiger partial charge < -0.3 is 4.57 Å². The highest BCUT2D eigenvalue weighted by Gasteiger charge is 2.22. The van der Waals surface area contributed by atoms with Gasteiger partial charge in [-0.3, -0.25) is 0 Å². The number of thiophene rings is 1. The van der Waals surface area contributed by atoms with E-state index in [1.165, 1.54) is 81.1 Å². The highest BCUT2D eigenvalue weighted by Crippen LogP contribution is 2.46. The Morgan fingerprint density at radius 1 is 0.732 bits per heavy atom. The molecule has 0 bridgehead atoms. The highest BCUT2D eigenvalue weighted by molar-refractivity contribution is 7.26. The fraction of sp³-hybridized carbons (Fsp3) is 0.0769. The first-order chi connectivity index (χ1) is 20.3. The second kappa shape index (κ2) is 9.47. The number of aryl methyl sites for hydroxylation is 1. The van der Waals surface area contributed by atoms with Crippen LogP contribution in [0.1, 0.15) is 24.5 Å². The van der Waals surface area contributed by atoms with Crippen LogP contribution in [0.2, 0.25) is 0 Å². The molecule has 0 spiro atoms. The number of allylic oxidation sites excluding steroid dienone is 5. The minimum atomic E-state index is 1.05. The molecule has 1 aliphatic rings. The van der Waals surface area contributed by atoms with Gasteiger partial charge in [0.1, 0.15) is 0 Å². The zero-order valence-electron chi connectivity index (χ0n) is 23.0. The molecule has 41 heavy (non-hydrogen) atoms. The molecule has 0 aliphatic heterocycles. The van der Waals surface area contributed by atoms with Gasteiger partial charge in [-0.25, -0.2) is 0 Å². The van der Waals surface area contributed by atoms with E-state index < -0.39 is 0 Å². The molecule has 1 aliphatic carbocycles. The summed E-state index contributed by atoms with van der Waals surface area (Å²) < 4.78 is 5.08. The monoisotopic (exact) mass is 543 g/mol. The SMILES string of the molecule is C=CC1=C(/C=C\C)c2c(ccc3sc4c(-c5ccc(-n6c7ccccc7c7ccccc76)cc5)cccc4c23)CC1. The number of nitrogens with zero attached hydrogens (tertiary/aromatic N) is 1. The number of benzene rings is 5. The Morgan fingerprint density at radius 2 is 1.44 bits per heavy atom. The first-order valence-corrected chi connectivity index (χ1v) is 15.1. The minimum absolute atomic E-state index is 1.05. The van der Waals surface area contributed by atoms with Gasteiger partial charge in [-0.2, -0.15) is 0 Å². The molecule has 2 aromatic heterocycles. The van der Waals surface area contributed by atoms with Gasteiger partial charge in [0.15, 0.2) is 0 Å². The first kappa shape index (κ1) is 24.2. The Kier molecular flexibility index (Phi) is 5.58. The van der Waals surface area contributed by atoms with Crippen molar-refractivity contribution in [2.75, 3.05) is 0 Å². The molecular formula is C39H29NS. The zero-order valence-corrected chi connectivity index (χ0v) is 23.8. The second-order valence-corrected chi connectivity index (χ2v) is 11.9. The molecule has 0 unspecified atom stereocenters. The van der Waals surface area contributed by atoms with Gasteiger partial charge in [0.05, 0.1) is 11.0 Å². The van der Waals surface area contributed by atoms with E-state index in [4.69, 9.17) is 0 Å². The lowest BCUT2D eigenvalue weighted by Gasteiger charge is -2.21. The molecule has 5 aromatic carbocycles. The molecule has 0 radical (unpaired) electrons. The molecule has 2 heteroatoms. The number of rotatable bonds is 4. The second-order valence-electron chi connectivity index (χ2n) is 10.8. The van der Waals surface area contributed by atoms with Gasteiger partial charge in [-0.15, -0.1) is 11.3 Å². The lowest BCUT2D eigenvalue weighted by atomic mass is 9.83. The van der Waals surface area contributed by atoms with Gasteiger partial charge in [0, 0.05) is 36.6 Å². The summed E-state index contributed by atoms with van der Waals surface area (Å²) in [5.74, 6) is 0. The van der Waals surface area contributed by atoms with Crippen molar-refractivity contribution in [2.24, 2.45) is 0 Å². The lowest BCUT2D eigenvalue weighted by molar-refractivity contribution is 0.948. The van der Waals surface area contributed by atoms with Crippen LogP contribution in [-0.4, -0.2) is 4.57 Å². The number of fused-ring (bicyclic) bond motifs is 8. The zero-order chi connectivity index (χ0) is 27.5. The standard InChI is InChI=1S/C39H29NS/c1-3-10-29-25(4-2)17-18-27-21-24-36-38(37(27)29)33-14-9-13-30(39(33)41-36)26-19-22-28(23-20-26)40-34-15-7-5-11-31(34)32-12-6-8-16-35(32)40/h3-16,19-24H,2,17-18H2,1H3/b10-3-. The fourth-order valence-corrected chi connectivity index (χ4v) is 8.05. The van der Waals surface area contributed by atoms with Gasteiger partial charge >= 0.3 is 0 Å². The third-order valence-corrected chi connectivity index (χ3v) is 9.83. The van der Waals surface area contributed by atoms with Gasteiger partial charge in [0.25, 0.3) is 0 Å². The molecular weight excluding hydrogens is 515 g/mol. The molecule has 7 aromatic rings. The van der Waals surface area contributed by atoms with E-state index in [0.29, 0.717) is 0 Å². The van der Waals surface area contributed by atoms with E-state index >= 15 is 0 Å². The molecule has 0 saturated heterocycles. The van der Waals surface area contributed by atoms with Crippen LogP contribution in [0.15, 0.2) is 134 Å². The molecule has 8 rings (SSSR count). The molecule has 2 heterocycles. The normalized spacial score (nSPS) is 13.7. The summed E-state index contributed by atoms with van der Waals surface area (Å²) in [6, 6.07) is 38.0. The predicted molar refractivity (Wildman–Crippen MR) is 179 cm³/mol. The average Bonchev–Trinajstić information content (AvgIpc) is 3.57. The minimum Gasteiger partial charge on any atom is -0.309 e. The predicted octanol–water partition coefficient (Wildman–Crippen LogP) is 11.3. The van der Waals surface area contributed by atoms with Gasteiger partial charge in [0.2, 0.25) is 0 Å². The van der Waals surface area contributed by atoms with E-state index in [2.05, 4.69) is 139 Å². The third kappa shape index (κ3) is 3.61. The van der Waals surface area contributed by atoms with E-state index in [1.807, 2.05) is 11.3 Å². The largest absolute Gasteiger partial charge is 0.309 e. The smallest absolute Gasteiger partial charge is 0.0541 e. The van der Waals surface area contributed by atoms with Crippen LogP contribution in [0.4, 0.5) is 0 Å². The van der Waals surface area contributed by atoms with Gasteiger partial charge in [-0.1, -0.05) is 97.6 Å². The summed E-state index contributed by atoms with van der Waals surface area (Å²) in [5.41, 5.74) is 11.7. The topological polar surface area (TPSA) is 4.93 Å². The van der Waals surface area contributed by atoms with Crippen molar-refractivity contribution in [3.8, 4) is 16.8 Å². The Hall–Kier alpha value is -4.66. The van der Waals surface area contributed by atoms with E-state index in [1.54, 1.807) is 0 Å². The molecule has 0 amide bonds. The summed E-state index contributed by atoms with van der Waals surface area (Å²) in [4.78, 5) is 0. The highest BCUT2D eigenvalue weighted by atomic mass is 32.1. The number of hydrogen-bond donors (Lipinski definition) is 0. The lowest BCUT2D eigenvalue weighted by Crippen LogP contribution is -2.03. The summed E-state index contributed by atoms with van der Waals surface area (Å²) in [5, 5.41) is 5.31. The van der Waals surface area contributed by atoms with Crippen molar-refractivity contribution in [3.05, 3.63) is 145 Å². The van der Waals surface area contributed by atoms with Crippen molar-refractivity contribution in [2.45, 2.75) is 19.8 Å². The van der Waals surface area contributed by atoms with Crippen LogP contribution in [0.5, 0.6) is 0 Å². The van der Waals surface area contributed by atoms with Crippen LogP contribution in [-0.2, 0) is 6.42 Å². The third-order valence-electron chi connectivity index (χ3n) is 8.63. The van der Waals surface area contributed by atoms with Crippen LogP contribution in [0.25, 0.3) is 64.4 Å². The summed E-state index contributed by atoms with van der Waals surface area (Å²) >= 11 is 1.91. The maximum absolute atomic E-state index is 4.14. The molecule has 0 N–H and O–H groups in total. The van der Waals surface area contributed by atoms with Crippen molar-refractivity contribution in [3.63, 3.8) is 0 Å². The maximum Gasteiger partial charge on any atom is 0.0541 e. The summed E-state index contributed by atoms with van der Waals surface area (Å²) in [6.07, 6.45) is 8.60. The van der Waals surface area contributed by atoms with Crippen LogP contribution in [0.3, 0.4) is 0 Å². The quantitative estimate of drug-likeness (QED) is 0.208. The Morgan fingerprint density at radius 3 is 2.15 bits per heavy atom. The first-order valence-electron chi connectivity index (χ1n) is 14.3. The number of aromatic nitrogens is 1. The van der Waals surface area contributed by atoms with Crippen LogP contribution >= 0.6 is 11.3 Å². The fourth-order valence-electron chi connectivity index (χ4n) is 6.80. The van der Waals surface area contributed by atoms with Crippen molar-refractivity contribution >= 4 is 58.9 Å². The summed E-state index contributed by atoms with van der Waals surface area (Å²) in [6.45, 7) is 6.25. The molecule has 0 fully saturated rings. The Bertz CT molecular complexity index is 2160. The van der Waals surface area contributed by atoms with Gasteiger partial charge in [-0.05, 0) is 83.5 Å². The van der Waals surface area contributed by atoms with Crippen molar-refractivity contribution < 1.29 is 0 Å². The van der Waals surface area contributed by atoms with E-state index in [9.17, 15) is 0 Å². The van der Waals surface area contributed by atoms with Crippen molar-refractivity contribution in [1.29, 1.82) is 0 Å². The molecule has 1 nitrogen and oxygen atoms in total. The Balaban J connectivity index is 1.31. The van der Waals surface area contributed by atoms with E-state index in [-0.39, 0.29) is 0 Å². The number of para-hydroxylation sites is 2. The van der Waals surface area contributed by atoms with Crippen molar-refractivity contribution in [1.82, 2.24) is 4.57 Å².